The Bertz CT molecular complexity index is 1980. The second-order valence-electron chi connectivity index (χ2n) is 12.3. The van der Waals surface area contributed by atoms with E-state index in [4.69, 9.17) is 9.47 Å². The first-order chi connectivity index (χ1) is 23.4. The van der Waals surface area contributed by atoms with E-state index in [1.807, 2.05) is 109 Å². The monoisotopic (exact) mass is 635 g/mol. The third kappa shape index (κ3) is 3.75. The van der Waals surface area contributed by atoms with Crippen molar-refractivity contribution in [2.24, 2.45) is 11.8 Å². The van der Waals surface area contributed by atoms with Crippen LogP contribution in [0.5, 0.6) is 11.5 Å². The van der Waals surface area contributed by atoms with Crippen LogP contribution in [0.4, 0.5) is 10.1 Å². The number of ketones is 1. The van der Waals surface area contributed by atoms with Crippen molar-refractivity contribution in [3.05, 3.63) is 162 Å². The molecule has 0 radical (unpaired) electrons. The Labute approximate surface area is 277 Å². The Morgan fingerprint density at radius 1 is 0.542 bits per heavy atom. The van der Waals surface area contributed by atoms with Gasteiger partial charge < -0.3 is 9.47 Å². The molecule has 236 valence electrons. The maximum absolute atomic E-state index is 16.0. The van der Waals surface area contributed by atoms with Gasteiger partial charge in [0.15, 0.2) is 5.78 Å². The minimum absolute atomic E-state index is 0.223. The lowest BCUT2D eigenvalue weighted by atomic mass is 9.59. The number of ether oxygens (including phenoxy) is 2. The summed E-state index contributed by atoms with van der Waals surface area (Å²) in [5, 5.41) is 0. The SMILES string of the molecule is COc1ccc(C2=C(c3ccc(OC)cc3)[C@@]3(c4ccccc4)C(=O)[C@@]2(c2ccccc2)[C@@H]2C(=O)N(c4ccc(F)cc4)C(=O)[C@H]23)cc1. The highest BCUT2D eigenvalue weighted by molar-refractivity contribution is 6.39. The van der Waals surface area contributed by atoms with Crippen molar-refractivity contribution in [1.29, 1.82) is 0 Å². The molecule has 5 aromatic rings. The number of amides is 2. The molecular formula is C41H30FNO5. The molecule has 6 nitrogen and oxygen atoms in total. The Balaban J connectivity index is 1.54. The van der Waals surface area contributed by atoms with Gasteiger partial charge in [-0.1, -0.05) is 84.9 Å². The topological polar surface area (TPSA) is 72.9 Å². The summed E-state index contributed by atoms with van der Waals surface area (Å²) >= 11 is 0. The zero-order valence-corrected chi connectivity index (χ0v) is 26.2. The number of hydrogen-bond donors (Lipinski definition) is 0. The van der Waals surface area contributed by atoms with Crippen LogP contribution in [-0.4, -0.2) is 31.8 Å². The van der Waals surface area contributed by atoms with E-state index in [-0.39, 0.29) is 11.5 Å². The third-order valence-electron chi connectivity index (χ3n) is 10.3. The van der Waals surface area contributed by atoms with Gasteiger partial charge in [0.05, 0.1) is 42.6 Å². The van der Waals surface area contributed by atoms with E-state index in [1.165, 1.54) is 24.3 Å². The number of carbonyl (C=O) groups excluding carboxylic acids is 3. The molecule has 48 heavy (non-hydrogen) atoms. The van der Waals surface area contributed by atoms with Crippen LogP contribution in [0.15, 0.2) is 133 Å². The van der Waals surface area contributed by atoms with Crippen molar-refractivity contribution < 1.29 is 28.2 Å². The van der Waals surface area contributed by atoms with Gasteiger partial charge >= 0.3 is 0 Å². The number of rotatable bonds is 7. The van der Waals surface area contributed by atoms with Crippen molar-refractivity contribution in [2.45, 2.75) is 10.8 Å². The summed E-state index contributed by atoms with van der Waals surface area (Å²) in [7, 11) is 3.18. The predicted molar refractivity (Wildman–Crippen MR) is 180 cm³/mol. The van der Waals surface area contributed by atoms with E-state index >= 15 is 4.79 Å². The summed E-state index contributed by atoms with van der Waals surface area (Å²) in [6, 6.07) is 38.9. The molecule has 4 atom stereocenters. The molecule has 1 aliphatic heterocycles. The predicted octanol–water partition coefficient (Wildman–Crippen LogP) is 7.03. The molecule has 1 saturated heterocycles. The van der Waals surface area contributed by atoms with Crippen molar-refractivity contribution in [3.63, 3.8) is 0 Å². The fraction of sp³-hybridized carbons (Fsp3) is 0.146. The van der Waals surface area contributed by atoms with Crippen LogP contribution in [0.3, 0.4) is 0 Å². The summed E-state index contributed by atoms with van der Waals surface area (Å²) in [5.41, 5.74) is 1.21. The summed E-state index contributed by atoms with van der Waals surface area (Å²) in [4.78, 5) is 47.1. The lowest BCUT2D eigenvalue weighted by molar-refractivity contribution is -0.130. The summed E-state index contributed by atoms with van der Waals surface area (Å²) < 4.78 is 25.1. The van der Waals surface area contributed by atoms with Crippen LogP contribution in [0, 0.1) is 17.7 Å². The Kier molecular flexibility index (Phi) is 6.70. The lowest BCUT2D eigenvalue weighted by Crippen LogP contribution is -2.45. The third-order valence-corrected chi connectivity index (χ3v) is 10.3. The second-order valence-corrected chi connectivity index (χ2v) is 12.3. The number of allylic oxidation sites excluding steroid dienone is 2. The van der Waals surface area contributed by atoms with Crippen LogP contribution in [0.25, 0.3) is 11.1 Å². The molecule has 2 aliphatic carbocycles. The molecule has 0 N–H and O–H groups in total. The van der Waals surface area contributed by atoms with Crippen molar-refractivity contribution in [1.82, 2.24) is 0 Å². The fourth-order valence-electron chi connectivity index (χ4n) is 8.48. The first-order valence-electron chi connectivity index (χ1n) is 15.7. The molecule has 7 heteroatoms. The maximum atomic E-state index is 16.0. The van der Waals surface area contributed by atoms with E-state index in [9.17, 15) is 14.0 Å². The van der Waals surface area contributed by atoms with Gasteiger partial charge in [0, 0.05) is 0 Å². The number of fused-ring (bicyclic) bond motifs is 5. The number of nitrogens with zero attached hydrogens (tertiary/aromatic N) is 1. The molecule has 2 amide bonds. The van der Waals surface area contributed by atoms with Crippen molar-refractivity contribution >= 4 is 34.4 Å². The Morgan fingerprint density at radius 2 is 0.938 bits per heavy atom. The van der Waals surface area contributed by atoms with E-state index in [0.717, 1.165) is 16.0 Å². The zero-order chi connectivity index (χ0) is 33.2. The molecule has 1 saturated carbocycles. The Hall–Kier alpha value is -5.82. The van der Waals surface area contributed by atoms with Crippen LogP contribution in [0.1, 0.15) is 22.3 Å². The highest BCUT2D eigenvalue weighted by Crippen LogP contribution is 2.74. The zero-order valence-electron chi connectivity index (χ0n) is 26.2. The van der Waals surface area contributed by atoms with Crippen molar-refractivity contribution in [3.8, 4) is 11.5 Å². The van der Waals surface area contributed by atoms with Gasteiger partial charge in [-0.05, 0) is 81.9 Å². The maximum Gasteiger partial charge on any atom is 0.239 e. The van der Waals surface area contributed by atoms with Gasteiger partial charge in [-0.15, -0.1) is 0 Å². The van der Waals surface area contributed by atoms with Gasteiger partial charge in [-0.25, -0.2) is 9.29 Å². The number of Topliss-reactive ketones (excluding diaryl/α,β-unsaturated/α-hetero) is 1. The highest BCUT2D eigenvalue weighted by atomic mass is 19.1. The van der Waals surface area contributed by atoms with Crippen LogP contribution < -0.4 is 14.4 Å². The Morgan fingerprint density at radius 3 is 1.31 bits per heavy atom. The number of imide groups is 1. The largest absolute Gasteiger partial charge is 0.497 e. The second kappa shape index (κ2) is 10.9. The van der Waals surface area contributed by atoms with E-state index in [1.54, 1.807) is 14.2 Å². The van der Waals surface area contributed by atoms with Crippen LogP contribution in [0.2, 0.25) is 0 Å². The van der Waals surface area contributed by atoms with E-state index in [2.05, 4.69) is 0 Å². The van der Waals surface area contributed by atoms with Crippen LogP contribution in [-0.2, 0) is 25.2 Å². The molecule has 2 bridgehead atoms. The summed E-state index contributed by atoms with van der Waals surface area (Å²) in [6.45, 7) is 0. The standard InChI is InChI=1S/C41H30FNO5/c1-47-31-21-13-25(14-22-31)33-34(26-15-23-32(48-2)24-16-26)41(28-11-7-4-8-12-28)36-35(40(33,39(41)46)27-9-5-3-6-10-27)37(44)43(38(36)45)30-19-17-29(42)18-20-30/h3-24,35-36H,1-2H3/t35-,36-,40+,41+/m0/s1. The summed E-state index contributed by atoms with van der Waals surface area (Å²) in [5.74, 6) is -2.58. The minimum atomic E-state index is -1.55. The molecule has 0 unspecified atom stereocenters. The molecule has 3 aliphatic rings. The van der Waals surface area contributed by atoms with E-state index < -0.39 is 40.3 Å². The number of halogens is 1. The van der Waals surface area contributed by atoms with E-state index in [0.29, 0.717) is 33.8 Å². The van der Waals surface area contributed by atoms with Gasteiger partial charge in [0.25, 0.3) is 0 Å². The molecule has 8 rings (SSSR count). The van der Waals surface area contributed by atoms with Crippen LogP contribution >= 0.6 is 0 Å². The normalized spacial score (nSPS) is 24.3. The smallest absolute Gasteiger partial charge is 0.239 e. The minimum Gasteiger partial charge on any atom is -0.497 e. The molecule has 1 heterocycles. The van der Waals surface area contributed by atoms with Gasteiger partial charge in [0.1, 0.15) is 17.3 Å². The average Bonchev–Trinajstić information content (AvgIpc) is 3.65. The number of benzene rings is 5. The number of carbonyl (C=O) groups is 3. The number of methoxy groups -OCH3 is 2. The quantitative estimate of drug-likeness (QED) is 0.180. The van der Waals surface area contributed by atoms with Gasteiger partial charge in [-0.2, -0.15) is 0 Å². The molecule has 2 fully saturated rings. The molecule has 0 spiro atoms. The lowest BCUT2D eigenvalue weighted by Gasteiger charge is -2.39. The van der Waals surface area contributed by atoms with Crippen molar-refractivity contribution in [2.75, 3.05) is 19.1 Å². The first kappa shape index (κ1) is 29.6. The van der Waals surface area contributed by atoms with Gasteiger partial charge in [-0.3, -0.25) is 14.4 Å². The van der Waals surface area contributed by atoms with Gasteiger partial charge in [0.2, 0.25) is 11.8 Å². The summed E-state index contributed by atoms with van der Waals surface area (Å²) in [6.07, 6.45) is 0. The highest BCUT2D eigenvalue weighted by Gasteiger charge is 2.82. The molecule has 0 aromatic heterocycles. The molecular weight excluding hydrogens is 605 g/mol. The molecule has 5 aromatic carbocycles. The average molecular weight is 636 g/mol. The number of anilines is 1. The first-order valence-corrected chi connectivity index (χ1v) is 15.7. The number of hydrogen-bond acceptors (Lipinski definition) is 5. The fourth-order valence-corrected chi connectivity index (χ4v) is 8.48.